The van der Waals surface area contributed by atoms with E-state index in [9.17, 15) is 0 Å². The van der Waals surface area contributed by atoms with E-state index in [4.69, 9.17) is 0 Å². The van der Waals surface area contributed by atoms with Gasteiger partial charge in [0.25, 0.3) is 0 Å². The number of hydrogen-bond donors (Lipinski definition) is 0. The van der Waals surface area contributed by atoms with Crippen LogP contribution in [0.4, 0.5) is 0 Å². The molecule has 0 saturated carbocycles. The SMILES string of the molecule is Cn1c2ccc1CCc1ccc(n1C)CC2. The molecule has 0 aromatic carbocycles. The van der Waals surface area contributed by atoms with Gasteiger partial charge in [0.05, 0.1) is 0 Å². The maximum atomic E-state index is 2.37. The molecule has 2 aromatic rings. The molecule has 2 nitrogen and oxygen atoms in total. The summed E-state index contributed by atoms with van der Waals surface area (Å²) >= 11 is 0. The summed E-state index contributed by atoms with van der Waals surface area (Å²) in [6.07, 6.45) is 4.59. The van der Waals surface area contributed by atoms with Gasteiger partial charge < -0.3 is 9.13 Å². The lowest BCUT2D eigenvalue weighted by Crippen LogP contribution is -2.10. The molecule has 0 fully saturated rings. The summed E-state index contributed by atoms with van der Waals surface area (Å²) in [6.45, 7) is 0. The van der Waals surface area contributed by atoms with Crippen LogP contribution in [-0.4, -0.2) is 9.13 Å². The summed E-state index contributed by atoms with van der Waals surface area (Å²) in [5.41, 5.74) is 5.83. The van der Waals surface area contributed by atoms with Gasteiger partial charge in [0.2, 0.25) is 0 Å². The predicted molar refractivity (Wildman–Crippen MR) is 65.6 cm³/mol. The molecule has 1 aliphatic heterocycles. The smallest absolute Gasteiger partial charge is 0.0178 e. The fraction of sp³-hybridized carbons (Fsp3) is 0.429. The van der Waals surface area contributed by atoms with Crippen LogP contribution in [0.3, 0.4) is 0 Å². The first kappa shape index (κ1) is 9.76. The van der Waals surface area contributed by atoms with Crippen molar-refractivity contribution < 1.29 is 0 Å². The summed E-state index contributed by atoms with van der Waals surface area (Å²) in [5.74, 6) is 0. The van der Waals surface area contributed by atoms with Crippen molar-refractivity contribution in [2.75, 3.05) is 0 Å². The molecular formula is C14H18N2. The van der Waals surface area contributed by atoms with Crippen molar-refractivity contribution in [3.05, 3.63) is 47.0 Å². The van der Waals surface area contributed by atoms with Gasteiger partial charge in [-0.25, -0.2) is 0 Å². The van der Waals surface area contributed by atoms with Gasteiger partial charge in [0, 0.05) is 36.9 Å². The minimum atomic E-state index is 1.15. The summed E-state index contributed by atoms with van der Waals surface area (Å²) in [4.78, 5) is 0. The maximum Gasteiger partial charge on any atom is 0.0178 e. The Labute approximate surface area is 96.5 Å². The summed E-state index contributed by atoms with van der Waals surface area (Å²) < 4.78 is 4.73. The number of nitrogens with zero attached hydrogens (tertiary/aromatic N) is 2. The average molecular weight is 214 g/mol. The van der Waals surface area contributed by atoms with E-state index in [1.165, 1.54) is 22.8 Å². The van der Waals surface area contributed by atoms with Crippen molar-refractivity contribution in [2.45, 2.75) is 25.7 Å². The Morgan fingerprint density at radius 2 is 0.875 bits per heavy atom. The molecule has 0 spiro atoms. The van der Waals surface area contributed by atoms with E-state index in [0.717, 1.165) is 25.7 Å². The van der Waals surface area contributed by atoms with Crippen LogP contribution in [0.5, 0.6) is 0 Å². The number of rotatable bonds is 0. The molecule has 0 N–H and O–H groups in total. The van der Waals surface area contributed by atoms with Crippen LogP contribution in [-0.2, 0) is 39.8 Å². The molecule has 3 rings (SSSR count). The molecule has 0 unspecified atom stereocenters. The lowest BCUT2D eigenvalue weighted by Gasteiger charge is -2.12. The van der Waals surface area contributed by atoms with Gasteiger partial charge in [0.1, 0.15) is 0 Å². The predicted octanol–water partition coefficient (Wildman–Crippen LogP) is 2.25. The standard InChI is InChI=1S/C14H18N2/c1-15-11-3-4-12(15)8-10-14-6-5-13(9-7-11)16(14)2/h3-6H,7-10H2,1-2H3. The van der Waals surface area contributed by atoms with Crippen molar-refractivity contribution in [1.82, 2.24) is 9.13 Å². The monoisotopic (exact) mass is 214 g/mol. The third kappa shape index (κ3) is 1.41. The van der Waals surface area contributed by atoms with Gasteiger partial charge >= 0.3 is 0 Å². The quantitative estimate of drug-likeness (QED) is 0.636. The zero-order valence-electron chi connectivity index (χ0n) is 10.0. The van der Waals surface area contributed by atoms with Crippen LogP contribution in [0.15, 0.2) is 24.3 Å². The second-order valence-electron chi connectivity index (χ2n) is 4.75. The molecule has 2 heteroatoms. The molecule has 0 atom stereocenters. The minimum Gasteiger partial charge on any atom is -0.352 e. The zero-order chi connectivity index (χ0) is 11.1. The fourth-order valence-electron chi connectivity index (χ4n) is 2.72. The molecule has 0 saturated heterocycles. The highest BCUT2D eigenvalue weighted by molar-refractivity contribution is 5.23. The summed E-state index contributed by atoms with van der Waals surface area (Å²) in [5, 5.41) is 0. The molecule has 2 aromatic heterocycles. The van der Waals surface area contributed by atoms with E-state index < -0.39 is 0 Å². The normalized spacial score (nSPS) is 15.1. The molecule has 84 valence electrons. The number of hydrogen-bond acceptors (Lipinski definition) is 0. The van der Waals surface area contributed by atoms with Crippen LogP contribution < -0.4 is 0 Å². The zero-order valence-corrected chi connectivity index (χ0v) is 10.0. The lowest BCUT2D eigenvalue weighted by atomic mass is 10.2. The van der Waals surface area contributed by atoms with Crippen molar-refractivity contribution in [2.24, 2.45) is 14.1 Å². The Kier molecular flexibility index (Phi) is 2.16. The second-order valence-corrected chi connectivity index (χ2v) is 4.75. The third-order valence-corrected chi connectivity index (χ3v) is 3.93. The number of aryl methyl sites for hydroxylation is 4. The van der Waals surface area contributed by atoms with E-state index >= 15 is 0 Å². The minimum absolute atomic E-state index is 1.15. The summed E-state index contributed by atoms with van der Waals surface area (Å²) in [7, 11) is 4.39. The molecule has 1 aliphatic rings. The van der Waals surface area contributed by atoms with Crippen LogP contribution in [0.2, 0.25) is 0 Å². The first-order chi connectivity index (χ1) is 7.75. The molecule has 4 bridgehead atoms. The van der Waals surface area contributed by atoms with E-state index in [-0.39, 0.29) is 0 Å². The van der Waals surface area contributed by atoms with Gasteiger partial charge in [-0.3, -0.25) is 0 Å². The first-order valence-electron chi connectivity index (χ1n) is 6.02. The molecule has 0 aliphatic carbocycles. The average Bonchev–Trinajstić information content (AvgIpc) is 2.75. The Hall–Kier alpha value is -1.44. The van der Waals surface area contributed by atoms with Crippen molar-refractivity contribution >= 4 is 0 Å². The first-order valence-corrected chi connectivity index (χ1v) is 6.02. The Morgan fingerprint density at radius 3 is 1.12 bits per heavy atom. The summed E-state index contributed by atoms with van der Waals surface area (Å²) in [6, 6.07) is 9.12. The highest BCUT2D eigenvalue weighted by Crippen LogP contribution is 2.18. The van der Waals surface area contributed by atoms with E-state index in [0.29, 0.717) is 0 Å². The maximum absolute atomic E-state index is 2.37. The molecule has 3 heterocycles. The topological polar surface area (TPSA) is 9.86 Å². The van der Waals surface area contributed by atoms with Crippen molar-refractivity contribution in [1.29, 1.82) is 0 Å². The highest BCUT2D eigenvalue weighted by Gasteiger charge is 2.11. The third-order valence-electron chi connectivity index (χ3n) is 3.93. The van der Waals surface area contributed by atoms with Crippen LogP contribution >= 0.6 is 0 Å². The molecule has 16 heavy (non-hydrogen) atoms. The van der Waals surface area contributed by atoms with Gasteiger partial charge in [-0.15, -0.1) is 0 Å². The van der Waals surface area contributed by atoms with Crippen molar-refractivity contribution in [3.63, 3.8) is 0 Å². The van der Waals surface area contributed by atoms with Gasteiger partial charge in [0.15, 0.2) is 0 Å². The van der Waals surface area contributed by atoms with Gasteiger partial charge in [-0.1, -0.05) is 0 Å². The Balaban J connectivity index is 2.02. The largest absolute Gasteiger partial charge is 0.352 e. The highest BCUT2D eigenvalue weighted by atomic mass is 15.0. The second kappa shape index (κ2) is 3.55. The van der Waals surface area contributed by atoms with Gasteiger partial charge in [-0.05, 0) is 49.9 Å². The number of aromatic nitrogens is 2. The molecule has 0 amide bonds. The number of fused-ring (bicyclic) bond motifs is 4. The van der Waals surface area contributed by atoms with Crippen LogP contribution in [0, 0.1) is 0 Å². The van der Waals surface area contributed by atoms with Crippen LogP contribution in [0.25, 0.3) is 0 Å². The Morgan fingerprint density at radius 1 is 0.625 bits per heavy atom. The molecular weight excluding hydrogens is 196 g/mol. The van der Waals surface area contributed by atoms with Gasteiger partial charge in [-0.2, -0.15) is 0 Å². The van der Waals surface area contributed by atoms with Crippen LogP contribution in [0.1, 0.15) is 22.8 Å². The fourth-order valence-corrected chi connectivity index (χ4v) is 2.72. The van der Waals surface area contributed by atoms with E-state index in [2.05, 4.69) is 47.5 Å². The van der Waals surface area contributed by atoms with E-state index in [1.807, 2.05) is 0 Å². The van der Waals surface area contributed by atoms with Crippen molar-refractivity contribution in [3.8, 4) is 0 Å². The Bertz CT molecular complexity index is 426. The lowest BCUT2D eigenvalue weighted by molar-refractivity contribution is 0.679. The van der Waals surface area contributed by atoms with E-state index in [1.54, 1.807) is 0 Å². The molecule has 0 radical (unpaired) electrons.